The van der Waals surface area contributed by atoms with E-state index in [9.17, 15) is 0 Å². The van der Waals surface area contributed by atoms with Gasteiger partial charge in [0.05, 0.1) is 14.2 Å². The highest BCUT2D eigenvalue weighted by atomic mass is 16.5. The first kappa shape index (κ1) is 13.2. The molecule has 1 rings (SSSR count). The Hall–Kier alpha value is -1.91. The Labute approximate surface area is 101 Å². The van der Waals surface area contributed by atoms with Crippen LogP contribution in [0, 0.1) is 0 Å². The Morgan fingerprint density at radius 3 is 2.00 bits per heavy atom. The van der Waals surface area contributed by atoms with Gasteiger partial charge in [0.25, 0.3) is 0 Å². The monoisotopic (exact) mass is 238 g/mol. The number of nitrogens with zero attached hydrogens (tertiary/aromatic N) is 1. The van der Waals surface area contributed by atoms with E-state index in [-0.39, 0.29) is 11.8 Å². The van der Waals surface area contributed by atoms with Crippen molar-refractivity contribution < 1.29 is 14.7 Å². The van der Waals surface area contributed by atoms with Crippen molar-refractivity contribution in [3.63, 3.8) is 0 Å². The predicted octanol–water partition coefficient (Wildman–Crippen LogP) is 1.92. The van der Waals surface area contributed by atoms with Gasteiger partial charge in [0, 0.05) is 11.1 Å². The number of benzene rings is 1. The largest absolute Gasteiger partial charge is 0.496 e. The fourth-order valence-electron chi connectivity index (χ4n) is 1.71. The molecular weight excluding hydrogens is 220 g/mol. The molecule has 1 aromatic carbocycles. The SMILES string of the molecule is COc1cc(/C(N)=N/O)cc(OC)c1C(C)C. The van der Waals surface area contributed by atoms with Crippen LogP contribution in [0.1, 0.15) is 30.9 Å². The number of methoxy groups -OCH3 is 2. The number of oxime groups is 1. The smallest absolute Gasteiger partial charge is 0.170 e. The van der Waals surface area contributed by atoms with Crippen molar-refractivity contribution in [1.29, 1.82) is 0 Å². The highest BCUT2D eigenvalue weighted by molar-refractivity contribution is 5.98. The number of nitrogens with two attached hydrogens (primary N) is 1. The van der Waals surface area contributed by atoms with Crippen LogP contribution in [0.5, 0.6) is 11.5 Å². The Bertz CT molecular complexity index is 403. The van der Waals surface area contributed by atoms with Crippen LogP contribution in [0.3, 0.4) is 0 Å². The molecule has 0 spiro atoms. The van der Waals surface area contributed by atoms with E-state index in [1.165, 1.54) is 0 Å². The molecule has 94 valence electrons. The van der Waals surface area contributed by atoms with Crippen molar-refractivity contribution in [2.45, 2.75) is 19.8 Å². The molecule has 0 bridgehead atoms. The normalized spacial score (nSPS) is 11.7. The molecule has 5 nitrogen and oxygen atoms in total. The van der Waals surface area contributed by atoms with Crippen LogP contribution in [0.2, 0.25) is 0 Å². The second kappa shape index (κ2) is 5.43. The summed E-state index contributed by atoms with van der Waals surface area (Å²) in [7, 11) is 3.16. The lowest BCUT2D eigenvalue weighted by Gasteiger charge is -2.17. The molecule has 17 heavy (non-hydrogen) atoms. The second-order valence-electron chi connectivity index (χ2n) is 3.93. The molecule has 0 aliphatic heterocycles. The lowest BCUT2D eigenvalue weighted by Crippen LogP contribution is -2.14. The fraction of sp³-hybridized carbons (Fsp3) is 0.417. The van der Waals surface area contributed by atoms with E-state index in [0.717, 1.165) is 5.56 Å². The van der Waals surface area contributed by atoms with Crippen LogP contribution in [0.15, 0.2) is 17.3 Å². The highest BCUT2D eigenvalue weighted by Gasteiger charge is 2.16. The quantitative estimate of drug-likeness (QED) is 0.363. The summed E-state index contributed by atoms with van der Waals surface area (Å²) in [6.07, 6.45) is 0. The second-order valence-corrected chi connectivity index (χ2v) is 3.93. The van der Waals surface area contributed by atoms with E-state index >= 15 is 0 Å². The van der Waals surface area contributed by atoms with Crippen LogP contribution in [0.25, 0.3) is 0 Å². The molecule has 3 N–H and O–H groups in total. The van der Waals surface area contributed by atoms with Gasteiger partial charge in [-0.15, -0.1) is 0 Å². The fourth-order valence-corrected chi connectivity index (χ4v) is 1.71. The van der Waals surface area contributed by atoms with Gasteiger partial charge in [-0.2, -0.15) is 0 Å². The number of hydrogen-bond donors (Lipinski definition) is 2. The van der Waals surface area contributed by atoms with Crippen molar-refractivity contribution in [3.8, 4) is 11.5 Å². The molecule has 0 atom stereocenters. The molecule has 0 aliphatic carbocycles. The summed E-state index contributed by atoms with van der Waals surface area (Å²) in [6, 6.07) is 3.46. The Morgan fingerprint density at radius 1 is 1.24 bits per heavy atom. The van der Waals surface area contributed by atoms with Crippen LogP contribution < -0.4 is 15.2 Å². The molecule has 0 fully saturated rings. The zero-order valence-electron chi connectivity index (χ0n) is 10.5. The third-order valence-corrected chi connectivity index (χ3v) is 2.52. The number of hydrogen-bond acceptors (Lipinski definition) is 4. The maximum absolute atomic E-state index is 8.68. The van der Waals surface area contributed by atoms with E-state index in [1.807, 2.05) is 13.8 Å². The van der Waals surface area contributed by atoms with E-state index < -0.39 is 0 Å². The summed E-state index contributed by atoms with van der Waals surface area (Å²) in [4.78, 5) is 0. The zero-order valence-corrected chi connectivity index (χ0v) is 10.5. The molecule has 0 aromatic heterocycles. The third kappa shape index (κ3) is 2.61. The highest BCUT2D eigenvalue weighted by Crippen LogP contribution is 2.36. The minimum absolute atomic E-state index is 0.0249. The molecule has 0 heterocycles. The summed E-state index contributed by atoms with van der Waals surface area (Å²) >= 11 is 0. The van der Waals surface area contributed by atoms with Gasteiger partial charge in [0.1, 0.15) is 11.5 Å². The summed E-state index contributed by atoms with van der Waals surface area (Å²) in [5.74, 6) is 1.61. The molecule has 0 aliphatic rings. The molecule has 5 heteroatoms. The lowest BCUT2D eigenvalue weighted by atomic mass is 9.98. The van der Waals surface area contributed by atoms with Crippen LogP contribution in [-0.4, -0.2) is 25.3 Å². The topological polar surface area (TPSA) is 77.1 Å². The Kier molecular flexibility index (Phi) is 4.20. The average molecular weight is 238 g/mol. The molecule has 0 amide bonds. The van der Waals surface area contributed by atoms with Crippen molar-refractivity contribution >= 4 is 5.84 Å². The van der Waals surface area contributed by atoms with Crippen molar-refractivity contribution in [2.75, 3.05) is 14.2 Å². The summed E-state index contributed by atoms with van der Waals surface area (Å²) in [5, 5.41) is 11.6. The van der Waals surface area contributed by atoms with E-state index in [2.05, 4.69) is 5.16 Å². The molecule has 1 aromatic rings. The third-order valence-electron chi connectivity index (χ3n) is 2.52. The van der Waals surface area contributed by atoms with Gasteiger partial charge in [0.15, 0.2) is 5.84 Å². The van der Waals surface area contributed by atoms with Gasteiger partial charge in [-0.1, -0.05) is 19.0 Å². The van der Waals surface area contributed by atoms with Gasteiger partial charge in [0.2, 0.25) is 0 Å². The molecular formula is C12H18N2O3. The Balaban J connectivity index is 3.44. The number of ether oxygens (including phenoxy) is 2. The van der Waals surface area contributed by atoms with E-state index in [0.29, 0.717) is 17.1 Å². The number of rotatable bonds is 4. The van der Waals surface area contributed by atoms with Crippen molar-refractivity contribution in [3.05, 3.63) is 23.3 Å². The van der Waals surface area contributed by atoms with Crippen LogP contribution in [0.4, 0.5) is 0 Å². The maximum atomic E-state index is 8.68. The van der Waals surface area contributed by atoms with Gasteiger partial charge >= 0.3 is 0 Å². The van der Waals surface area contributed by atoms with Gasteiger partial charge < -0.3 is 20.4 Å². The van der Waals surface area contributed by atoms with Gasteiger partial charge in [-0.05, 0) is 18.1 Å². The maximum Gasteiger partial charge on any atom is 0.170 e. The zero-order chi connectivity index (χ0) is 13.0. The average Bonchev–Trinajstić information content (AvgIpc) is 2.35. The van der Waals surface area contributed by atoms with E-state index in [4.69, 9.17) is 20.4 Å². The molecule has 0 radical (unpaired) electrons. The first-order chi connectivity index (χ1) is 8.04. The van der Waals surface area contributed by atoms with Crippen LogP contribution >= 0.6 is 0 Å². The van der Waals surface area contributed by atoms with Crippen molar-refractivity contribution in [1.82, 2.24) is 0 Å². The minimum Gasteiger partial charge on any atom is -0.496 e. The Morgan fingerprint density at radius 2 is 1.71 bits per heavy atom. The summed E-state index contributed by atoms with van der Waals surface area (Å²) < 4.78 is 10.6. The summed E-state index contributed by atoms with van der Waals surface area (Å²) in [6.45, 7) is 4.09. The first-order valence-electron chi connectivity index (χ1n) is 5.29. The predicted molar refractivity (Wildman–Crippen MR) is 66.1 cm³/mol. The van der Waals surface area contributed by atoms with Crippen molar-refractivity contribution in [2.24, 2.45) is 10.9 Å². The number of amidine groups is 1. The standard InChI is InChI=1S/C12H18N2O3/c1-7(2)11-9(16-3)5-8(12(13)14-15)6-10(11)17-4/h5-7,15H,1-4H3,(H2,13,14). The molecule has 0 unspecified atom stereocenters. The van der Waals surface area contributed by atoms with E-state index in [1.54, 1.807) is 26.4 Å². The van der Waals surface area contributed by atoms with Crippen LogP contribution in [-0.2, 0) is 0 Å². The molecule has 0 saturated carbocycles. The first-order valence-corrected chi connectivity index (χ1v) is 5.29. The minimum atomic E-state index is 0.0249. The van der Waals surface area contributed by atoms with Gasteiger partial charge in [-0.25, -0.2) is 0 Å². The van der Waals surface area contributed by atoms with Gasteiger partial charge in [-0.3, -0.25) is 0 Å². The molecule has 0 saturated heterocycles. The lowest BCUT2D eigenvalue weighted by molar-refractivity contribution is 0.318. The summed E-state index contributed by atoms with van der Waals surface area (Å²) in [5.41, 5.74) is 7.08.